The lowest BCUT2D eigenvalue weighted by Gasteiger charge is -2.34. The number of amides is 1. The third-order valence-electron chi connectivity index (χ3n) is 3.80. The van der Waals surface area contributed by atoms with Crippen molar-refractivity contribution >= 4 is 17.6 Å². The predicted octanol–water partition coefficient (Wildman–Crippen LogP) is 2.25. The maximum atomic E-state index is 12.2. The van der Waals surface area contributed by atoms with Crippen LogP contribution < -0.4 is 10.2 Å². The summed E-state index contributed by atoms with van der Waals surface area (Å²) in [7, 11) is 3.18. The molecule has 3 rings (SSSR count). The number of anilines is 1. The first-order valence-corrected chi connectivity index (χ1v) is 6.84. The number of para-hydroxylation sites is 1. The normalized spacial score (nSPS) is 17.0. The van der Waals surface area contributed by atoms with Crippen LogP contribution in [0.15, 0.2) is 34.7 Å². The van der Waals surface area contributed by atoms with Crippen molar-refractivity contribution in [1.82, 2.24) is 5.32 Å². The molecule has 0 saturated heterocycles. The SMILES string of the molecule is COC(=O)c1cc([C@@H]2NC(=O)c3ccccc3N2C)oc1C. The second-order valence-electron chi connectivity index (χ2n) is 5.11. The zero-order chi connectivity index (χ0) is 15.9. The van der Waals surface area contributed by atoms with E-state index in [0.29, 0.717) is 22.6 Å². The Morgan fingerprint density at radius 1 is 1.36 bits per heavy atom. The number of hydrogen-bond acceptors (Lipinski definition) is 5. The zero-order valence-corrected chi connectivity index (χ0v) is 12.5. The van der Waals surface area contributed by atoms with Crippen molar-refractivity contribution in [2.45, 2.75) is 13.1 Å². The second kappa shape index (κ2) is 5.22. The minimum absolute atomic E-state index is 0.174. The van der Waals surface area contributed by atoms with Gasteiger partial charge in [0, 0.05) is 7.05 Å². The first-order valence-electron chi connectivity index (χ1n) is 6.84. The molecule has 1 amide bonds. The number of esters is 1. The highest BCUT2D eigenvalue weighted by Crippen LogP contribution is 2.33. The van der Waals surface area contributed by atoms with E-state index in [-0.39, 0.29) is 5.91 Å². The number of aryl methyl sites for hydroxylation is 1. The number of rotatable bonds is 2. The van der Waals surface area contributed by atoms with E-state index in [1.54, 1.807) is 19.1 Å². The lowest BCUT2D eigenvalue weighted by molar-refractivity contribution is 0.0598. The molecule has 0 radical (unpaired) electrons. The highest BCUT2D eigenvalue weighted by Gasteiger charge is 2.32. The molecule has 1 aliphatic heterocycles. The van der Waals surface area contributed by atoms with Crippen LogP contribution in [0.1, 0.15) is 38.4 Å². The molecule has 1 atom stereocenters. The summed E-state index contributed by atoms with van der Waals surface area (Å²) in [6, 6.07) is 8.94. The average molecular weight is 300 g/mol. The summed E-state index contributed by atoms with van der Waals surface area (Å²) >= 11 is 0. The number of carbonyl (C=O) groups excluding carboxylic acids is 2. The molecule has 2 heterocycles. The number of ether oxygens (including phenoxy) is 1. The number of methoxy groups -OCH3 is 1. The van der Waals surface area contributed by atoms with Gasteiger partial charge in [-0.05, 0) is 25.1 Å². The van der Waals surface area contributed by atoms with Gasteiger partial charge in [-0.1, -0.05) is 12.1 Å². The average Bonchev–Trinajstić information content (AvgIpc) is 2.92. The Balaban J connectivity index is 2.00. The van der Waals surface area contributed by atoms with Crippen molar-refractivity contribution in [1.29, 1.82) is 0 Å². The van der Waals surface area contributed by atoms with E-state index in [2.05, 4.69) is 5.32 Å². The number of fused-ring (bicyclic) bond motifs is 1. The highest BCUT2D eigenvalue weighted by molar-refractivity contribution is 6.02. The van der Waals surface area contributed by atoms with E-state index in [1.807, 2.05) is 30.1 Å². The quantitative estimate of drug-likeness (QED) is 0.861. The van der Waals surface area contributed by atoms with E-state index >= 15 is 0 Å². The van der Waals surface area contributed by atoms with Crippen molar-refractivity contribution in [3.8, 4) is 0 Å². The van der Waals surface area contributed by atoms with Gasteiger partial charge >= 0.3 is 5.97 Å². The molecule has 0 saturated carbocycles. The number of carbonyl (C=O) groups is 2. The highest BCUT2D eigenvalue weighted by atomic mass is 16.5. The van der Waals surface area contributed by atoms with Crippen LogP contribution in [0, 0.1) is 6.92 Å². The number of nitrogens with zero attached hydrogens (tertiary/aromatic N) is 1. The molecule has 0 spiro atoms. The Morgan fingerprint density at radius 3 is 2.82 bits per heavy atom. The fourth-order valence-corrected chi connectivity index (χ4v) is 2.63. The van der Waals surface area contributed by atoms with Gasteiger partial charge in [-0.25, -0.2) is 4.79 Å². The maximum Gasteiger partial charge on any atom is 0.341 e. The Morgan fingerprint density at radius 2 is 2.09 bits per heavy atom. The molecule has 0 fully saturated rings. The van der Waals surface area contributed by atoms with Crippen LogP contribution in [0.3, 0.4) is 0 Å². The van der Waals surface area contributed by atoms with Gasteiger partial charge in [-0.2, -0.15) is 0 Å². The third-order valence-corrected chi connectivity index (χ3v) is 3.80. The molecular weight excluding hydrogens is 284 g/mol. The molecule has 0 bridgehead atoms. The molecule has 2 aromatic rings. The van der Waals surface area contributed by atoms with Gasteiger partial charge in [0.25, 0.3) is 5.91 Å². The third kappa shape index (κ3) is 2.13. The van der Waals surface area contributed by atoms with Gasteiger partial charge in [0.05, 0.1) is 18.4 Å². The van der Waals surface area contributed by atoms with Crippen molar-refractivity contribution < 1.29 is 18.7 Å². The van der Waals surface area contributed by atoms with Crippen molar-refractivity contribution in [3.05, 3.63) is 53.0 Å². The molecule has 1 N–H and O–H groups in total. The summed E-state index contributed by atoms with van der Waals surface area (Å²) in [4.78, 5) is 25.8. The fourth-order valence-electron chi connectivity index (χ4n) is 2.63. The van der Waals surface area contributed by atoms with Gasteiger partial charge < -0.3 is 19.4 Å². The number of hydrogen-bond donors (Lipinski definition) is 1. The first-order chi connectivity index (χ1) is 10.5. The molecule has 22 heavy (non-hydrogen) atoms. The van der Waals surface area contributed by atoms with E-state index in [4.69, 9.17) is 9.15 Å². The molecule has 114 valence electrons. The molecule has 1 aromatic carbocycles. The van der Waals surface area contributed by atoms with Crippen LogP contribution in [0.4, 0.5) is 5.69 Å². The van der Waals surface area contributed by atoms with Crippen LogP contribution in [0.2, 0.25) is 0 Å². The summed E-state index contributed by atoms with van der Waals surface area (Å²) in [5, 5.41) is 2.88. The van der Waals surface area contributed by atoms with E-state index in [0.717, 1.165) is 5.69 Å². The Bertz CT molecular complexity index is 750. The van der Waals surface area contributed by atoms with Crippen LogP contribution in [-0.2, 0) is 4.74 Å². The Labute approximate surface area is 127 Å². The largest absolute Gasteiger partial charge is 0.465 e. The predicted molar refractivity (Wildman–Crippen MR) is 79.8 cm³/mol. The van der Waals surface area contributed by atoms with E-state index in [1.165, 1.54) is 7.11 Å². The first kappa shape index (κ1) is 14.2. The topological polar surface area (TPSA) is 71.8 Å². The molecule has 0 aliphatic carbocycles. The lowest BCUT2D eigenvalue weighted by atomic mass is 10.1. The van der Waals surface area contributed by atoms with Gasteiger partial charge in [0.1, 0.15) is 17.1 Å². The molecule has 0 unspecified atom stereocenters. The summed E-state index contributed by atoms with van der Waals surface area (Å²) in [6.45, 7) is 1.69. The van der Waals surface area contributed by atoms with Gasteiger partial charge in [0.15, 0.2) is 6.17 Å². The van der Waals surface area contributed by atoms with E-state index in [9.17, 15) is 9.59 Å². The molecule has 6 heteroatoms. The maximum absolute atomic E-state index is 12.2. The fraction of sp³-hybridized carbons (Fsp3) is 0.250. The Hall–Kier alpha value is -2.76. The van der Waals surface area contributed by atoms with Gasteiger partial charge in [-0.3, -0.25) is 4.79 Å². The van der Waals surface area contributed by atoms with Crippen LogP contribution >= 0.6 is 0 Å². The lowest BCUT2D eigenvalue weighted by Crippen LogP contribution is -2.44. The Kier molecular flexibility index (Phi) is 3.36. The number of benzene rings is 1. The van der Waals surface area contributed by atoms with Crippen LogP contribution in [-0.4, -0.2) is 26.0 Å². The standard InChI is InChI=1S/C16H16N2O4/c1-9-11(16(20)21-3)8-13(22-9)14-17-15(19)10-6-4-5-7-12(10)18(14)2/h4-8,14H,1-3H3,(H,17,19)/t14-/m1/s1. The molecular formula is C16H16N2O4. The zero-order valence-electron chi connectivity index (χ0n) is 12.5. The number of furan rings is 1. The summed E-state index contributed by atoms with van der Waals surface area (Å²) in [5.74, 6) is 0.316. The van der Waals surface area contributed by atoms with E-state index < -0.39 is 12.1 Å². The summed E-state index contributed by atoms with van der Waals surface area (Å²) < 4.78 is 10.4. The van der Waals surface area contributed by atoms with Crippen molar-refractivity contribution in [2.75, 3.05) is 19.1 Å². The smallest absolute Gasteiger partial charge is 0.341 e. The summed E-state index contributed by atoms with van der Waals surface area (Å²) in [6.07, 6.45) is -0.473. The molecule has 1 aliphatic rings. The summed E-state index contributed by atoms with van der Waals surface area (Å²) in [5.41, 5.74) is 1.78. The van der Waals surface area contributed by atoms with Crippen molar-refractivity contribution in [2.24, 2.45) is 0 Å². The van der Waals surface area contributed by atoms with Crippen LogP contribution in [0.25, 0.3) is 0 Å². The van der Waals surface area contributed by atoms with Crippen molar-refractivity contribution in [3.63, 3.8) is 0 Å². The minimum atomic E-state index is -0.473. The second-order valence-corrected chi connectivity index (χ2v) is 5.11. The molecule has 1 aromatic heterocycles. The van der Waals surface area contributed by atoms with Gasteiger partial charge in [0.2, 0.25) is 0 Å². The van der Waals surface area contributed by atoms with Crippen LogP contribution in [0.5, 0.6) is 0 Å². The molecule has 6 nitrogen and oxygen atoms in total. The number of nitrogens with one attached hydrogen (secondary N) is 1. The monoisotopic (exact) mass is 300 g/mol. The van der Waals surface area contributed by atoms with Gasteiger partial charge in [-0.15, -0.1) is 0 Å². The minimum Gasteiger partial charge on any atom is -0.465 e.